The predicted octanol–water partition coefficient (Wildman–Crippen LogP) is 0.313. The maximum Gasteiger partial charge on any atom is 0.347 e. The van der Waals surface area contributed by atoms with Crippen LogP contribution < -0.4 is 11.2 Å². The van der Waals surface area contributed by atoms with Gasteiger partial charge in [-0.3, -0.25) is 9.36 Å². The summed E-state index contributed by atoms with van der Waals surface area (Å²) in [7, 11) is 0. The number of para-hydroxylation sites is 1. The molecule has 3 aromatic rings. The van der Waals surface area contributed by atoms with E-state index in [1.54, 1.807) is 6.07 Å². The second kappa shape index (κ2) is 3.66. The summed E-state index contributed by atoms with van der Waals surface area (Å²) < 4.78 is 15.8. The lowest BCUT2D eigenvalue weighted by Crippen LogP contribution is -2.23. The van der Waals surface area contributed by atoms with E-state index in [-0.39, 0.29) is 11.3 Å². The largest absolute Gasteiger partial charge is 0.347 e. The average Bonchev–Trinajstić information content (AvgIpc) is 2.74. The highest BCUT2D eigenvalue weighted by atomic mass is 19.1. The van der Waals surface area contributed by atoms with Crippen molar-refractivity contribution in [1.82, 2.24) is 19.2 Å². The number of H-pyrrole nitrogens is 1. The van der Waals surface area contributed by atoms with Crippen molar-refractivity contribution in [2.45, 2.75) is 0 Å². The molecule has 0 amide bonds. The van der Waals surface area contributed by atoms with Crippen LogP contribution in [-0.4, -0.2) is 19.2 Å². The normalized spacial score (nSPS) is 10.9. The fraction of sp³-hybridized carbons (Fsp3) is 0. The molecule has 0 unspecified atom stereocenters. The van der Waals surface area contributed by atoms with Crippen LogP contribution in [0.3, 0.4) is 0 Å². The van der Waals surface area contributed by atoms with Crippen LogP contribution in [0.25, 0.3) is 11.3 Å². The summed E-state index contributed by atoms with van der Waals surface area (Å²) in [5.41, 5.74) is -1.05. The maximum atomic E-state index is 13.6. The van der Waals surface area contributed by atoms with Gasteiger partial charge in [0.1, 0.15) is 5.82 Å². The first kappa shape index (κ1) is 10.5. The topological polar surface area (TPSA) is 72.2 Å². The number of rotatable bonds is 1. The van der Waals surface area contributed by atoms with Gasteiger partial charge >= 0.3 is 11.2 Å². The van der Waals surface area contributed by atoms with E-state index < -0.39 is 17.1 Å². The number of benzene rings is 1. The minimum absolute atomic E-state index is 0.0780. The molecule has 0 fully saturated rings. The molecule has 0 atom stereocenters. The third-order valence-electron chi connectivity index (χ3n) is 2.59. The molecule has 2 heterocycles. The summed E-state index contributed by atoms with van der Waals surface area (Å²) in [5.74, 6) is -0.526. The van der Waals surface area contributed by atoms with E-state index in [4.69, 9.17) is 0 Å². The summed E-state index contributed by atoms with van der Waals surface area (Å²) >= 11 is 0. The average molecular weight is 246 g/mol. The number of hydrogen-bond donors (Lipinski definition) is 1. The molecule has 1 aromatic carbocycles. The highest BCUT2D eigenvalue weighted by Gasteiger charge is 2.10. The van der Waals surface area contributed by atoms with Crippen LogP contribution in [0.15, 0.2) is 46.2 Å². The van der Waals surface area contributed by atoms with Gasteiger partial charge in [0, 0.05) is 12.4 Å². The third-order valence-corrected chi connectivity index (χ3v) is 2.59. The van der Waals surface area contributed by atoms with Gasteiger partial charge in [0.15, 0.2) is 0 Å². The first-order valence-electron chi connectivity index (χ1n) is 5.12. The molecule has 6 nitrogen and oxygen atoms in total. The van der Waals surface area contributed by atoms with E-state index in [0.29, 0.717) is 0 Å². The Kier molecular flexibility index (Phi) is 2.12. The van der Waals surface area contributed by atoms with Gasteiger partial charge in [-0.05, 0) is 12.1 Å². The summed E-state index contributed by atoms with van der Waals surface area (Å²) in [6.45, 7) is 0. The quantitative estimate of drug-likeness (QED) is 0.671. The molecular weight excluding hydrogens is 239 g/mol. The smallest absolute Gasteiger partial charge is 0.277 e. The zero-order valence-corrected chi connectivity index (χ0v) is 9.00. The van der Waals surface area contributed by atoms with Crippen molar-refractivity contribution in [1.29, 1.82) is 0 Å². The molecule has 0 aliphatic heterocycles. The minimum Gasteiger partial charge on any atom is -0.277 e. The first-order chi connectivity index (χ1) is 8.68. The standard InChI is InChI=1S/C11H7FN4O2/c12-7-3-1-2-4-8(7)15-5-6-16-9(10(15)17)13-14-11(16)18/h1-6H,(H,14,18). The fourth-order valence-corrected chi connectivity index (χ4v) is 1.74. The van der Waals surface area contributed by atoms with Gasteiger partial charge in [0.05, 0.1) is 5.69 Å². The number of fused-ring (bicyclic) bond motifs is 1. The maximum absolute atomic E-state index is 13.6. The highest BCUT2D eigenvalue weighted by Crippen LogP contribution is 2.09. The number of aromatic amines is 1. The fourth-order valence-electron chi connectivity index (χ4n) is 1.74. The number of nitrogens with one attached hydrogen (secondary N) is 1. The van der Waals surface area contributed by atoms with Crippen LogP contribution in [0, 0.1) is 5.82 Å². The predicted molar refractivity (Wildman–Crippen MR) is 61.4 cm³/mol. The lowest BCUT2D eigenvalue weighted by molar-refractivity contribution is 0.616. The molecule has 0 saturated carbocycles. The van der Waals surface area contributed by atoms with Crippen LogP contribution >= 0.6 is 0 Å². The van der Waals surface area contributed by atoms with Crippen molar-refractivity contribution in [2.75, 3.05) is 0 Å². The second-order valence-electron chi connectivity index (χ2n) is 3.65. The van der Waals surface area contributed by atoms with E-state index in [1.165, 1.54) is 30.6 Å². The molecule has 0 radical (unpaired) electrons. The van der Waals surface area contributed by atoms with Gasteiger partial charge < -0.3 is 0 Å². The molecular formula is C11H7FN4O2. The monoisotopic (exact) mass is 246 g/mol. The van der Waals surface area contributed by atoms with Crippen LogP contribution in [0.2, 0.25) is 0 Å². The Morgan fingerprint density at radius 2 is 1.94 bits per heavy atom. The van der Waals surface area contributed by atoms with Crippen molar-refractivity contribution in [3.05, 3.63) is 63.3 Å². The van der Waals surface area contributed by atoms with Gasteiger partial charge in [-0.25, -0.2) is 18.7 Å². The van der Waals surface area contributed by atoms with Gasteiger partial charge in [0.2, 0.25) is 5.65 Å². The van der Waals surface area contributed by atoms with Gasteiger partial charge in [-0.2, -0.15) is 0 Å². The Balaban J connectivity index is 2.38. The highest BCUT2D eigenvalue weighted by molar-refractivity contribution is 5.40. The molecule has 3 rings (SSSR count). The van der Waals surface area contributed by atoms with Crippen molar-refractivity contribution < 1.29 is 4.39 Å². The van der Waals surface area contributed by atoms with Gasteiger partial charge in [0.25, 0.3) is 0 Å². The molecule has 2 aromatic heterocycles. The van der Waals surface area contributed by atoms with E-state index in [0.717, 1.165) is 8.97 Å². The van der Waals surface area contributed by atoms with Gasteiger partial charge in [-0.1, -0.05) is 12.1 Å². The van der Waals surface area contributed by atoms with E-state index in [2.05, 4.69) is 10.2 Å². The summed E-state index contributed by atoms with van der Waals surface area (Å²) in [6.07, 6.45) is 2.68. The molecule has 90 valence electrons. The molecule has 1 N–H and O–H groups in total. The Morgan fingerprint density at radius 3 is 2.72 bits per heavy atom. The molecule has 7 heteroatoms. The van der Waals surface area contributed by atoms with Crippen LogP contribution in [0.5, 0.6) is 0 Å². The van der Waals surface area contributed by atoms with Crippen LogP contribution in [-0.2, 0) is 0 Å². The molecule has 0 aliphatic rings. The number of halogens is 1. The van der Waals surface area contributed by atoms with Crippen LogP contribution in [0.1, 0.15) is 0 Å². The number of hydrogen-bond acceptors (Lipinski definition) is 3. The number of aromatic nitrogens is 4. The minimum atomic E-state index is -0.569. The zero-order valence-electron chi connectivity index (χ0n) is 9.00. The van der Waals surface area contributed by atoms with Crippen molar-refractivity contribution in [3.63, 3.8) is 0 Å². The van der Waals surface area contributed by atoms with E-state index >= 15 is 0 Å². The van der Waals surface area contributed by atoms with Crippen molar-refractivity contribution in [3.8, 4) is 5.69 Å². The lowest BCUT2D eigenvalue weighted by Gasteiger charge is -2.05. The summed E-state index contributed by atoms with van der Waals surface area (Å²) in [5, 5.41) is 5.76. The summed E-state index contributed by atoms with van der Waals surface area (Å²) in [4.78, 5) is 23.3. The Hall–Kier alpha value is -2.70. The van der Waals surface area contributed by atoms with Crippen molar-refractivity contribution in [2.24, 2.45) is 0 Å². The number of nitrogens with zero attached hydrogens (tertiary/aromatic N) is 3. The third kappa shape index (κ3) is 1.37. The van der Waals surface area contributed by atoms with Crippen molar-refractivity contribution >= 4 is 5.65 Å². The van der Waals surface area contributed by atoms with E-state index in [1.807, 2.05) is 0 Å². The second-order valence-corrected chi connectivity index (χ2v) is 3.65. The van der Waals surface area contributed by atoms with Gasteiger partial charge in [-0.15, -0.1) is 5.10 Å². The first-order valence-corrected chi connectivity index (χ1v) is 5.12. The molecule has 0 spiro atoms. The molecule has 0 aliphatic carbocycles. The van der Waals surface area contributed by atoms with Crippen LogP contribution in [0.4, 0.5) is 4.39 Å². The Labute approximate surface area is 98.9 Å². The SMILES string of the molecule is O=c1c2n[nH]c(=O)n2ccn1-c1ccccc1F. The molecule has 18 heavy (non-hydrogen) atoms. The molecule has 0 bridgehead atoms. The Bertz CT molecular complexity index is 846. The Morgan fingerprint density at radius 1 is 1.17 bits per heavy atom. The zero-order chi connectivity index (χ0) is 12.7. The van der Waals surface area contributed by atoms with E-state index in [9.17, 15) is 14.0 Å². The summed E-state index contributed by atoms with van der Waals surface area (Å²) in [6, 6.07) is 5.87. The molecule has 0 saturated heterocycles. The lowest BCUT2D eigenvalue weighted by atomic mass is 10.3.